The minimum atomic E-state index is -0.121. The Balaban J connectivity index is 1.31. The van der Waals surface area contributed by atoms with E-state index in [1.807, 2.05) is 42.5 Å². The largest absolute Gasteiger partial charge is 0.472 e. The zero-order chi connectivity index (χ0) is 19.5. The van der Waals surface area contributed by atoms with Crippen molar-refractivity contribution >= 4 is 33.6 Å². The van der Waals surface area contributed by atoms with Crippen molar-refractivity contribution in [1.82, 2.24) is 14.8 Å². The maximum atomic E-state index is 12.7. The Morgan fingerprint density at radius 2 is 1.96 bits per heavy atom. The molecule has 0 aliphatic carbocycles. The van der Waals surface area contributed by atoms with Crippen LogP contribution >= 0.6 is 15.9 Å². The third-order valence-electron chi connectivity index (χ3n) is 4.99. The van der Waals surface area contributed by atoms with Gasteiger partial charge in [-0.05, 0) is 40.2 Å². The molecule has 4 rings (SSSR count). The molecule has 0 saturated carbocycles. The standard InChI is InChI=1S/C20H21BrN4O3/c21-17-7-4-9-22-19(17)28-16-8-10-23(13-16)18(26)14-24-11-12-25(20(24)27)15-5-2-1-3-6-15/h1-7,9,16H,8,10-14H2/t16-/m0/s1. The summed E-state index contributed by atoms with van der Waals surface area (Å²) in [6.07, 6.45) is 2.33. The number of carbonyl (C=O) groups is 2. The Bertz CT molecular complexity index is 864. The summed E-state index contributed by atoms with van der Waals surface area (Å²) in [6, 6.07) is 13.1. The van der Waals surface area contributed by atoms with Gasteiger partial charge in [0.05, 0.1) is 11.0 Å². The fourth-order valence-corrected chi connectivity index (χ4v) is 3.86. The van der Waals surface area contributed by atoms with Crippen molar-refractivity contribution in [1.29, 1.82) is 0 Å². The van der Waals surface area contributed by atoms with Gasteiger partial charge in [0.1, 0.15) is 12.6 Å². The average Bonchev–Trinajstić information content (AvgIpc) is 3.32. The zero-order valence-corrected chi connectivity index (χ0v) is 16.9. The van der Waals surface area contributed by atoms with E-state index >= 15 is 0 Å². The molecule has 7 nitrogen and oxygen atoms in total. The van der Waals surface area contributed by atoms with E-state index in [9.17, 15) is 9.59 Å². The van der Waals surface area contributed by atoms with Gasteiger partial charge in [-0.25, -0.2) is 9.78 Å². The van der Waals surface area contributed by atoms with Crippen LogP contribution in [0.3, 0.4) is 0 Å². The van der Waals surface area contributed by atoms with Crippen LogP contribution in [0.5, 0.6) is 5.88 Å². The van der Waals surface area contributed by atoms with Crippen LogP contribution in [0.4, 0.5) is 10.5 Å². The number of ether oxygens (including phenoxy) is 1. The van der Waals surface area contributed by atoms with Gasteiger partial charge in [0.15, 0.2) is 0 Å². The van der Waals surface area contributed by atoms with Gasteiger partial charge in [0, 0.05) is 37.9 Å². The van der Waals surface area contributed by atoms with Gasteiger partial charge in [-0.2, -0.15) is 0 Å². The molecular formula is C20H21BrN4O3. The number of hydrogen-bond acceptors (Lipinski definition) is 4. The highest BCUT2D eigenvalue weighted by Gasteiger charge is 2.34. The predicted octanol–water partition coefficient (Wildman–Crippen LogP) is 2.77. The number of likely N-dealkylation sites (tertiary alicyclic amines) is 1. The quantitative estimate of drug-likeness (QED) is 0.710. The van der Waals surface area contributed by atoms with Crippen molar-refractivity contribution in [3.05, 3.63) is 53.1 Å². The van der Waals surface area contributed by atoms with Crippen LogP contribution in [0, 0.1) is 0 Å². The fraction of sp³-hybridized carbons (Fsp3) is 0.350. The van der Waals surface area contributed by atoms with E-state index in [0.717, 1.165) is 16.6 Å². The molecule has 0 radical (unpaired) electrons. The molecule has 2 aromatic rings. The summed E-state index contributed by atoms with van der Waals surface area (Å²) in [5.74, 6) is 0.490. The van der Waals surface area contributed by atoms with Gasteiger partial charge < -0.3 is 14.5 Å². The summed E-state index contributed by atoms with van der Waals surface area (Å²) in [7, 11) is 0. The third kappa shape index (κ3) is 3.96. The number of urea groups is 1. The molecule has 2 aliphatic heterocycles. The molecular weight excluding hydrogens is 424 g/mol. The lowest BCUT2D eigenvalue weighted by atomic mass is 10.3. The molecule has 3 amide bonds. The summed E-state index contributed by atoms with van der Waals surface area (Å²) < 4.78 is 6.71. The number of amides is 3. The monoisotopic (exact) mass is 444 g/mol. The first-order chi connectivity index (χ1) is 13.6. The second-order valence-electron chi connectivity index (χ2n) is 6.85. The first-order valence-electron chi connectivity index (χ1n) is 9.28. The molecule has 2 fully saturated rings. The Morgan fingerprint density at radius 1 is 1.14 bits per heavy atom. The van der Waals surface area contributed by atoms with Crippen molar-refractivity contribution < 1.29 is 14.3 Å². The van der Waals surface area contributed by atoms with Crippen LogP contribution in [0.2, 0.25) is 0 Å². The van der Waals surface area contributed by atoms with Crippen molar-refractivity contribution in [2.45, 2.75) is 12.5 Å². The summed E-state index contributed by atoms with van der Waals surface area (Å²) in [5.41, 5.74) is 0.859. The van der Waals surface area contributed by atoms with E-state index < -0.39 is 0 Å². The minimum Gasteiger partial charge on any atom is -0.472 e. The Hall–Kier alpha value is -2.61. The van der Waals surface area contributed by atoms with Crippen LogP contribution in [-0.4, -0.2) is 65.5 Å². The van der Waals surface area contributed by atoms with Gasteiger partial charge in [0.25, 0.3) is 0 Å². The topological polar surface area (TPSA) is 66.0 Å². The highest BCUT2D eigenvalue weighted by atomic mass is 79.9. The minimum absolute atomic E-state index is 0.0468. The molecule has 0 bridgehead atoms. The SMILES string of the molecule is O=C(CN1CCN(c2ccccc2)C1=O)N1CC[C@H](Oc2ncccc2Br)C1. The number of rotatable bonds is 5. The highest BCUT2D eigenvalue weighted by molar-refractivity contribution is 9.10. The number of pyridine rings is 1. The van der Waals surface area contributed by atoms with E-state index in [-0.39, 0.29) is 24.6 Å². The number of nitrogens with zero attached hydrogens (tertiary/aromatic N) is 4. The lowest BCUT2D eigenvalue weighted by Crippen LogP contribution is -2.42. The number of hydrogen-bond donors (Lipinski definition) is 0. The maximum absolute atomic E-state index is 12.7. The van der Waals surface area contributed by atoms with Crippen LogP contribution in [-0.2, 0) is 4.79 Å². The first-order valence-corrected chi connectivity index (χ1v) is 10.1. The molecule has 1 atom stereocenters. The number of anilines is 1. The fourth-order valence-electron chi connectivity index (χ4n) is 3.51. The van der Waals surface area contributed by atoms with Crippen molar-refractivity contribution in [3.8, 4) is 5.88 Å². The molecule has 0 unspecified atom stereocenters. The first kappa shape index (κ1) is 18.7. The van der Waals surface area contributed by atoms with E-state index in [1.165, 1.54) is 0 Å². The van der Waals surface area contributed by atoms with Crippen LogP contribution in [0.1, 0.15) is 6.42 Å². The molecule has 3 heterocycles. The molecule has 1 aromatic heterocycles. The Labute approximate surface area is 172 Å². The summed E-state index contributed by atoms with van der Waals surface area (Å²) in [5, 5.41) is 0. The van der Waals surface area contributed by atoms with Gasteiger partial charge in [-0.15, -0.1) is 0 Å². The highest BCUT2D eigenvalue weighted by Crippen LogP contribution is 2.25. The zero-order valence-electron chi connectivity index (χ0n) is 15.3. The van der Waals surface area contributed by atoms with Crippen molar-refractivity contribution in [2.75, 3.05) is 37.6 Å². The number of halogens is 1. The van der Waals surface area contributed by atoms with Gasteiger partial charge in [-0.1, -0.05) is 18.2 Å². The lowest BCUT2D eigenvalue weighted by molar-refractivity contribution is -0.130. The Kier molecular flexibility index (Phi) is 5.47. The second kappa shape index (κ2) is 8.18. The van der Waals surface area contributed by atoms with E-state index in [0.29, 0.717) is 32.1 Å². The normalized spacial score (nSPS) is 19.4. The van der Waals surface area contributed by atoms with Crippen LogP contribution < -0.4 is 9.64 Å². The van der Waals surface area contributed by atoms with E-state index in [1.54, 1.807) is 20.9 Å². The van der Waals surface area contributed by atoms with E-state index in [2.05, 4.69) is 20.9 Å². The molecule has 2 saturated heterocycles. The number of carbonyl (C=O) groups excluding carboxylic acids is 2. The molecule has 8 heteroatoms. The number of aromatic nitrogens is 1. The molecule has 146 valence electrons. The van der Waals surface area contributed by atoms with Gasteiger partial charge in [-0.3, -0.25) is 9.69 Å². The number of benzene rings is 1. The van der Waals surface area contributed by atoms with Gasteiger partial charge >= 0.3 is 6.03 Å². The van der Waals surface area contributed by atoms with Gasteiger partial charge in [0.2, 0.25) is 11.8 Å². The molecule has 28 heavy (non-hydrogen) atoms. The third-order valence-corrected chi connectivity index (χ3v) is 5.59. The molecule has 1 aromatic carbocycles. The van der Waals surface area contributed by atoms with Crippen LogP contribution in [0.15, 0.2) is 53.1 Å². The molecule has 0 spiro atoms. The second-order valence-corrected chi connectivity index (χ2v) is 7.70. The maximum Gasteiger partial charge on any atom is 0.325 e. The summed E-state index contributed by atoms with van der Waals surface area (Å²) in [4.78, 5) is 34.6. The smallest absolute Gasteiger partial charge is 0.325 e. The Morgan fingerprint density at radius 3 is 2.75 bits per heavy atom. The molecule has 0 N–H and O–H groups in total. The molecule has 2 aliphatic rings. The lowest BCUT2D eigenvalue weighted by Gasteiger charge is -2.22. The van der Waals surface area contributed by atoms with Crippen LogP contribution in [0.25, 0.3) is 0 Å². The van der Waals surface area contributed by atoms with Crippen molar-refractivity contribution in [2.24, 2.45) is 0 Å². The summed E-state index contributed by atoms with van der Waals surface area (Å²) >= 11 is 3.42. The average molecular weight is 445 g/mol. The summed E-state index contributed by atoms with van der Waals surface area (Å²) in [6.45, 7) is 2.37. The van der Waals surface area contributed by atoms with E-state index in [4.69, 9.17) is 4.74 Å². The number of para-hydroxylation sites is 1. The van der Waals surface area contributed by atoms with Crippen molar-refractivity contribution in [3.63, 3.8) is 0 Å². The predicted molar refractivity (Wildman–Crippen MR) is 108 cm³/mol.